The van der Waals surface area contributed by atoms with Gasteiger partial charge in [-0.2, -0.15) is 0 Å². The molecule has 1 fully saturated rings. The Hall–Kier alpha value is -2.33. The first-order valence-corrected chi connectivity index (χ1v) is 9.37. The summed E-state index contributed by atoms with van der Waals surface area (Å²) in [6, 6.07) is 16.6. The minimum atomic E-state index is -0.506. The Kier molecular flexibility index (Phi) is 5.94. The van der Waals surface area contributed by atoms with E-state index in [-0.39, 0.29) is 11.8 Å². The summed E-state index contributed by atoms with van der Waals surface area (Å²) in [6.07, 6.45) is 3.72. The minimum absolute atomic E-state index is 0.0197. The third-order valence-electron chi connectivity index (χ3n) is 5.00. The maximum atomic E-state index is 12.9. The molecule has 2 N–H and O–H groups in total. The molecule has 0 heterocycles. The quantitative estimate of drug-likeness (QED) is 0.762. The average molecular weight is 371 g/mol. The number of rotatable bonds is 6. The summed E-state index contributed by atoms with van der Waals surface area (Å²) in [6.45, 7) is 0.796. The summed E-state index contributed by atoms with van der Waals surface area (Å²) in [4.78, 5) is 25.0. The number of hydrogen-bond acceptors (Lipinski definition) is 2. The topological polar surface area (TPSA) is 58.2 Å². The van der Waals surface area contributed by atoms with Gasteiger partial charge >= 0.3 is 0 Å². The maximum absolute atomic E-state index is 12.9. The van der Waals surface area contributed by atoms with Crippen molar-refractivity contribution in [2.75, 3.05) is 13.1 Å². The van der Waals surface area contributed by atoms with Crippen molar-refractivity contribution >= 4 is 23.4 Å². The molecule has 1 aliphatic rings. The molecule has 2 aromatic rings. The molecule has 136 valence electrons. The summed E-state index contributed by atoms with van der Waals surface area (Å²) in [5, 5.41) is 6.47. The highest BCUT2D eigenvalue weighted by Crippen LogP contribution is 2.41. The molecule has 0 saturated heterocycles. The zero-order valence-electron chi connectivity index (χ0n) is 14.6. The number of carbonyl (C=O) groups is 2. The predicted octanol–water partition coefficient (Wildman–Crippen LogP) is 3.70. The second-order valence-electron chi connectivity index (χ2n) is 6.68. The van der Waals surface area contributed by atoms with Gasteiger partial charge in [-0.3, -0.25) is 9.59 Å². The molecule has 1 saturated carbocycles. The Morgan fingerprint density at radius 1 is 0.923 bits per heavy atom. The van der Waals surface area contributed by atoms with E-state index in [0.29, 0.717) is 23.7 Å². The van der Waals surface area contributed by atoms with Crippen LogP contribution in [0.25, 0.3) is 0 Å². The van der Waals surface area contributed by atoms with Crippen LogP contribution in [0.2, 0.25) is 5.02 Å². The summed E-state index contributed by atoms with van der Waals surface area (Å²) in [5.41, 5.74) is 1.09. The van der Waals surface area contributed by atoms with Crippen LogP contribution < -0.4 is 10.6 Å². The molecular formula is C21H23ClN2O2. The molecule has 0 aromatic heterocycles. The monoisotopic (exact) mass is 370 g/mol. The average Bonchev–Trinajstić information content (AvgIpc) is 3.17. The SMILES string of the molecule is O=C(NCCNC(=O)C1(c2cccc(Cl)c2)CCCC1)c1ccccc1. The highest BCUT2D eigenvalue weighted by atomic mass is 35.5. The third-order valence-corrected chi connectivity index (χ3v) is 5.24. The van der Waals surface area contributed by atoms with E-state index in [1.165, 1.54) is 0 Å². The number of amides is 2. The van der Waals surface area contributed by atoms with Crippen LogP contribution in [0, 0.1) is 0 Å². The minimum Gasteiger partial charge on any atom is -0.354 e. The number of hydrogen-bond donors (Lipinski definition) is 2. The van der Waals surface area contributed by atoms with E-state index in [4.69, 9.17) is 11.6 Å². The lowest BCUT2D eigenvalue weighted by atomic mass is 9.78. The van der Waals surface area contributed by atoms with Gasteiger partial charge in [-0.15, -0.1) is 0 Å². The first-order valence-electron chi connectivity index (χ1n) is 8.99. The Bertz CT molecular complexity index is 771. The number of nitrogens with one attached hydrogen (secondary N) is 2. The molecule has 0 atom stereocenters. The molecule has 0 spiro atoms. The van der Waals surface area contributed by atoms with Crippen LogP contribution in [0.4, 0.5) is 0 Å². The summed E-state index contributed by atoms with van der Waals surface area (Å²) < 4.78 is 0. The van der Waals surface area contributed by atoms with Crippen LogP contribution >= 0.6 is 11.6 Å². The molecule has 26 heavy (non-hydrogen) atoms. The second kappa shape index (κ2) is 8.37. The van der Waals surface area contributed by atoms with Crippen molar-refractivity contribution in [3.8, 4) is 0 Å². The molecule has 1 aliphatic carbocycles. The van der Waals surface area contributed by atoms with E-state index in [1.807, 2.05) is 42.5 Å². The standard InChI is InChI=1S/C21H23ClN2O2/c22-18-10-6-9-17(15-18)21(11-4-5-12-21)20(26)24-14-13-23-19(25)16-7-2-1-3-8-16/h1-3,6-10,15H,4-5,11-14H2,(H,23,25)(H,24,26). The van der Waals surface area contributed by atoms with Crippen LogP contribution in [0.1, 0.15) is 41.6 Å². The lowest BCUT2D eigenvalue weighted by Crippen LogP contribution is -2.45. The van der Waals surface area contributed by atoms with Crippen LogP contribution in [-0.4, -0.2) is 24.9 Å². The highest BCUT2D eigenvalue weighted by Gasteiger charge is 2.42. The molecule has 2 aromatic carbocycles. The van der Waals surface area contributed by atoms with E-state index in [0.717, 1.165) is 31.2 Å². The summed E-state index contributed by atoms with van der Waals surface area (Å²) >= 11 is 6.13. The van der Waals surface area contributed by atoms with Crippen LogP contribution in [0.3, 0.4) is 0 Å². The van der Waals surface area contributed by atoms with E-state index < -0.39 is 5.41 Å². The van der Waals surface area contributed by atoms with Crippen molar-refractivity contribution in [2.45, 2.75) is 31.1 Å². The van der Waals surface area contributed by atoms with Gasteiger partial charge in [0.2, 0.25) is 5.91 Å². The van der Waals surface area contributed by atoms with E-state index in [1.54, 1.807) is 12.1 Å². The summed E-state index contributed by atoms with van der Waals surface area (Å²) in [5.74, 6) is -0.114. The van der Waals surface area contributed by atoms with Crippen molar-refractivity contribution in [1.82, 2.24) is 10.6 Å². The van der Waals surface area contributed by atoms with Gasteiger partial charge < -0.3 is 10.6 Å². The van der Waals surface area contributed by atoms with Crippen molar-refractivity contribution in [1.29, 1.82) is 0 Å². The fourth-order valence-corrected chi connectivity index (χ4v) is 3.81. The molecule has 0 bridgehead atoms. The number of benzene rings is 2. The summed E-state index contributed by atoms with van der Waals surface area (Å²) in [7, 11) is 0. The largest absolute Gasteiger partial charge is 0.354 e. The Balaban J connectivity index is 1.57. The second-order valence-corrected chi connectivity index (χ2v) is 7.11. The number of carbonyl (C=O) groups excluding carboxylic acids is 2. The van der Waals surface area contributed by atoms with Crippen LogP contribution in [0.5, 0.6) is 0 Å². The Morgan fingerprint density at radius 2 is 1.62 bits per heavy atom. The van der Waals surface area contributed by atoms with Crippen LogP contribution in [-0.2, 0) is 10.2 Å². The zero-order valence-corrected chi connectivity index (χ0v) is 15.4. The fourth-order valence-electron chi connectivity index (χ4n) is 3.62. The van der Waals surface area contributed by atoms with Gasteiger partial charge in [-0.25, -0.2) is 0 Å². The van der Waals surface area contributed by atoms with Crippen molar-refractivity contribution in [3.63, 3.8) is 0 Å². The van der Waals surface area contributed by atoms with Gasteiger partial charge in [0.1, 0.15) is 0 Å². The van der Waals surface area contributed by atoms with Crippen molar-refractivity contribution in [2.24, 2.45) is 0 Å². The van der Waals surface area contributed by atoms with Gasteiger partial charge in [0.05, 0.1) is 5.41 Å². The highest BCUT2D eigenvalue weighted by molar-refractivity contribution is 6.30. The molecule has 3 rings (SSSR count). The molecule has 5 heteroatoms. The normalized spacial score (nSPS) is 15.4. The van der Waals surface area contributed by atoms with Gasteiger partial charge in [-0.1, -0.05) is 54.8 Å². The number of halogens is 1. The third kappa shape index (κ3) is 4.07. The predicted molar refractivity (Wildman–Crippen MR) is 103 cm³/mol. The van der Waals surface area contributed by atoms with Crippen molar-refractivity contribution < 1.29 is 9.59 Å². The first kappa shape index (κ1) is 18.5. The van der Waals surface area contributed by atoms with Gasteiger partial charge in [0.15, 0.2) is 0 Å². The lowest BCUT2D eigenvalue weighted by molar-refractivity contribution is -0.126. The molecule has 0 aliphatic heterocycles. The molecule has 2 amide bonds. The van der Waals surface area contributed by atoms with Gasteiger partial charge in [0, 0.05) is 23.7 Å². The Morgan fingerprint density at radius 3 is 2.31 bits per heavy atom. The lowest BCUT2D eigenvalue weighted by Gasteiger charge is -2.28. The molecule has 0 radical (unpaired) electrons. The van der Waals surface area contributed by atoms with E-state index in [9.17, 15) is 9.59 Å². The fraction of sp³-hybridized carbons (Fsp3) is 0.333. The molecule has 4 nitrogen and oxygen atoms in total. The van der Waals surface area contributed by atoms with Crippen LogP contribution in [0.15, 0.2) is 54.6 Å². The van der Waals surface area contributed by atoms with Gasteiger partial charge in [0.25, 0.3) is 5.91 Å². The zero-order chi connectivity index (χ0) is 18.4. The van der Waals surface area contributed by atoms with Gasteiger partial charge in [-0.05, 0) is 42.7 Å². The molecular weight excluding hydrogens is 348 g/mol. The van der Waals surface area contributed by atoms with E-state index in [2.05, 4.69) is 10.6 Å². The van der Waals surface area contributed by atoms with E-state index >= 15 is 0 Å². The Labute approximate surface area is 158 Å². The van der Waals surface area contributed by atoms with Crippen molar-refractivity contribution in [3.05, 3.63) is 70.7 Å². The first-order chi connectivity index (χ1) is 12.6. The smallest absolute Gasteiger partial charge is 0.251 e. The molecule has 0 unspecified atom stereocenters. The maximum Gasteiger partial charge on any atom is 0.251 e.